The highest BCUT2D eigenvalue weighted by atomic mass is 16.5. The summed E-state index contributed by atoms with van der Waals surface area (Å²) < 4.78 is 5.47. The van der Waals surface area contributed by atoms with E-state index in [1.807, 2.05) is 0 Å². The predicted molar refractivity (Wildman–Crippen MR) is 62.6 cm³/mol. The number of ether oxygens (including phenoxy) is 1. The summed E-state index contributed by atoms with van der Waals surface area (Å²) >= 11 is 0. The highest BCUT2D eigenvalue weighted by molar-refractivity contribution is 4.76. The van der Waals surface area contributed by atoms with Crippen LogP contribution in [0.3, 0.4) is 0 Å². The molecule has 0 heterocycles. The quantitative estimate of drug-likeness (QED) is 0.713. The Morgan fingerprint density at radius 1 is 1.21 bits per heavy atom. The summed E-state index contributed by atoms with van der Waals surface area (Å²) in [5, 5.41) is 3.47. The molecule has 0 aromatic heterocycles. The van der Waals surface area contributed by atoms with E-state index >= 15 is 0 Å². The second-order valence-corrected chi connectivity index (χ2v) is 5.26. The van der Waals surface area contributed by atoms with Crippen molar-refractivity contribution in [1.29, 1.82) is 0 Å². The second kappa shape index (κ2) is 6.41. The molecule has 0 saturated heterocycles. The van der Waals surface area contributed by atoms with Gasteiger partial charge >= 0.3 is 0 Å². The first kappa shape index (κ1) is 13.9. The fourth-order valence-electron chi connectivity index (χ4n) is 1.35. The first-order valence-corrected chi connectivity index (χ1v) is 5.65. The van der Waals surface area contributed by atoms with Crippen molar-refractivity contribution in [2.75, 3.05) is 20.2 Å². The van der Waals surface area contributed by atoms with Crippen LogP contribution in [-0.4, -0.2) is 26.3 Å². The molecule has 86 valence electrons. The molecule has 0 aliphatic carbocycles. The molecule has 0 aromatic rings. The first-order chi connectivity index (χ1) is 6.41. The Hall–Kier alpha value is -0.0800. The van der Waals surface area contributed by atoms with Crippen LogP contribution in [-0.2, 0) is 4.74 Å². The fourth-order valence-corrected chi connectivity index (χ4v) is 1.35. The van der Waals surface area contributed by atoms with Gasteiger partial charge < -0.3 is 10.1 Å². The number of methoxy groups -OCH3 is 1. The Morgan fingerprint density at radius 3 is 2.14 bits per heavy atom. The van der Waals surface area contributed by atoms with Crippen molar-refractivity contribution in [2.45, 2.75) is 47.1 Å². The standard InChI is InChI=1S/C12H27NO/c1-7-10(2)8-13-9-11(14-6)12(3,4)5/h10-11,13H,7-9H2,1-6H3. The van der Waals surface area contributed by atoms with Gasteiger partial charge in [-0.15, -0.1) is 0 Å². The molecule has 0 aliphatic rings. The van der Waals surface area contributed by atoms with Crippen molar-refractivity contribution in [3.63, 3.8) is 0 Å². The molecular weight excluding hydrogens is 174 g/mol. The third-order valence-electron chi connectivity index (χ3n) is 2.77. The average molecular weight is 201 g/mol. The summed E-state index contributed by atoms with van der Waals surface area (Å²) in [5.41, 5.74) is 0.219. The Labute approximate surface area is 89.4 Å². The molecule has 0 spiro atoms. The fraction of sp³-hybridized carbons (Fsp3) is 1.00. The number of nitrogens with one attached hydrogen (secondary N) is 1. The van der Waals surface area contributed by atoms with Gasteiger partial charge in [0.25, 0.3) is 0 Å². The molecule has 0 amide bonds. The lowest BCUT2D eigenvalue weighted by atomic mass is 9.89. The number of hydrogen-bond acceptors (Lipinski definition) is 2. The molecule has 2 heteroatoms. The number of rotatable bonds is 6. The van der Waals surface area contributed by atoms with Crippen molar-refractivity contribution in [2.24, 2.45) is 11.3 Å². The minimum atomic E-state index is 0.219. The van der Waals surface area contributed by atoms with Crippen LogP contribution >= 0.6 is 0 Å². The van der Waals surface area contributed by atoms with Crippen molar-refractivity contribution in [3.05, 3.63) is 0 Å². The topological polar surface area (TPSA) is 21.3 Å². The highest BCUT2D eigenvalue weighted by Crippen LogP contribution is 2.20. The molecule has 0 radical (unpaired) electrons. The van der Waals surface area contributed by atoms with E-state index in [1.54, 1.807) is 7.11 Å². The van der Waals surface area contributed by atoms with Crippen molar-refractivity contribution >= 4 is 0 Å². The lowest BCUT2D eigenvalue weighted by Gasteiger charge is -2.30. The van der Waals surface area contributed by atoms with E-state index in [-0.39, 0.29) is 5.41 Å². The minimum absolute atomic E-state index is 0.219. The largest absolute Gasteiger partial charge is 0.380 e. The molecule has 2 unspecified atom stereocenters. The van der Waals surface area contributed by atoms with Crippen molar-refractivity contribution < 1.29 is 4.74 Å². The van der Waals surface area contributed by atoms with Gasteiger partial charge in [0.1, 0.15) is 0 Å². The maximum atomic E-state index is 5.47. The van der Waals surface area contributed by atoms with Crippen molar-refractivity contribution in [3.8, 4) is 0 Å². The highest BCUT2D eigenvalue weighted by Gasteiger charge is 2.23. The lowest BCUT2D eigenvalue weighted by Crippen LogP contribution is -2.39. The van der Waals surface area contributed by atoms with E-state index in [1.165, 1.54) is 6.42 Å². The molecule has 0 aliphatic heterocycles. The molecule has 0 fully saturated rings. The maximum Gasteiger partial charge on any atom is 0.0743 e. The van der Waals surface area contributed by atoms with E-state index < -0.39 is 0 Å². The Morgan fingerprint density at radius 2 is 1.79 bits per heavy atom. The van der Waals surface area contributed by atoms with Crippen LogP contribution < -0.4 is 5.32 Å². The Kier molecular flexibility index (Phi) is 6.38. The number of hydrogen-bond donors (Lipinski definition) is 1. The van der Waals surface area contributed by atoms with Gasteiger partial charge in [0.15, 0.2) is 0 Å². The Bertz CT molecular complexity index is 140. The van der Waals surface area contributed by atoms with E-state index in [0.29, 0.717) is 6.10 Å². The molecule has 2 nitrogen and oxygen atoms in total. The Balaban J connectivity index is 3.74. The van der Waals surface area contributed by atoms with Gasteiger partial charge in [-0.25, -0.2) is 0 Å². The normalized spacial score (nSPS) is 16.7. The molecule has 0 aromatic carbocycles. The summed E-state index contributed by atoms with van der Waals surface area (Å²) in [7, 11) is 1.79. The second-order valence-electron chi connectivity index (χ2n) is 5.26. The van der Waals surface area contributed by atoms with Crippen LogP contribution in [0.1, 0.15) is 41.0 Å². The van der Waals surface area contributed by atoms with E-state index in [0.717, 1.165) is 19.0 Å². The monoisotopic (exact) mass is 201 g/mol. The van der Waals surface area contributed by atoms with Gasteiger partial charge in [-0.2, -0.15) is 0 Å². The van der Waals surface area contributed by atoms with E-state index in [9.17, 15) is 0 Å². The zero-order chi connectivity index (χ0) is 11.2. The molecule has 2 atom stereocenters. The van der Waals surface area contributed by atoms with Gasteiger partial charge in [-0.3, -0.25) is 0 Å². The summed E-state index contributed by atoms with van der Waals surface area (Å²) in [5.74, 6) is 0.757. The summed E-state index contributed by atoms with van der Waals surface area (Å²) in [6, 6.07) is 0. The molecule has 0 saturated carbocycles. The maximum absolute atomic E-state index is 5.47. The van der Waals surface area contributed by atoms with Crippen molar-refractivity contribution in [1.82, 2.24) is 5.32 Å². The van der Waals surface area contributed by atoms with Gasteiger partial charge in [0.05, 0.1) is 6.10 Å². The smallest absolute Gasteiger partial charge is 0.0743 e. The summed E-state index contributed by atoms with van der Waals surface area (Å²) in [6.45, 7) is 13.2. The SMILES string of the molecule is CCC(C)CNCC(OC)C(C)(C)C. The van der Waals surface area contributed by atoms with Crippen LogP contribution in [0.2, 0.25) is 0 Å². The molecule has 0 rings (SSSR count). The first-order valence-electron chi connectivity index (χ1n) is 5.65. The zero-order valence-electron chi connectivity index (χ0n) is 10.7. The summed E-state index contributed by atoms with van der Waals surface area (Å²) in [6.07, 6.45) is 1.53. The van der Waals surface area contributed by atoms with Gasteiger partial charge in [0, 0.05) is 13.7 Å². The van der Waals surface area contributed by atoms with Gasteiger partial charge in [-0.05, 0) is 17.9 Å². The van der Waals surface area contributed by atoms with E-state index in [4.69, 9.17) is 4.74 Å². The molecule has 1 N–H and O–H groups in total. The third kappa shape index (κ3) is 5.61. The van der Waals surface area contributed by atoms with Gasteiger partial charge in [-0.1, -0.05) is 41.0 Å². The van der Waals surface area contributed by atoms with E-state index in [2.05, 4.69) is 39.9 Å². The molecular formula is C12H27NO. The average Bonchev–Trinajstić information content (AvgIpc) is 2.09. The van der Waals surface area contributed by atoms with Gasteiger partial charge in [0.2, 0.25) is 0 Å². The predicted octanol–water partition coefficient (Wildman–Crippen LogP) is 2.68. The molecule has 0 bridgehead atoms. The van der Waals surface area contributed by atoms with Crippen LogP contribution in [0, 0.1) is 11.3 Å². The summed E-state index contributed by atoms with van der Waals surface area (Å²) in [4.78, 5) is 0. The van der Waals surface area contributed by atoms with Crippen LogP contribution in [0.5, 0.6) is 0 Å². The van der Waals surface area contributed by atoms with Crippen LogP contribution in [0.15, 0.2) is 0 Å². The van der Waals surface area contributed by atoms with Crippen LogP contribution in [0.4, 0.5) is 0 Å². The third-order valence-corrected chi connectivity index (χ3v) is 2.77. The minimum Gasteiger partial charge on any atom is -0.380 e. The lowest BCUT2D eigenvalue weighted by molar-refractivity contribution is 0.0171. The molecule has 14 heavy (non-hydrogen) atoms. The zero-order valence-corrected chi connectivity index (χ0v) is 10.7. The van der Waals surface area contributed by atoms with Crippen LogP contribution in [0.25, 0.3) is 0 Å².